The number of carbonyl (C=O) groups excluding carboxylic acids is 3. The van der Waals surface area contributed by atoms with Gasteiger partial charge in [0.2, 0.25) is 5.91 Å². The highest BCUT2D eigenvalue weighted by molar-refractivity contribution is 5.94. The second kappa shape index (κ2) is 7.78. The van der Waals surface area contributed by atoms with Gasteiger partial charge in [-0.2, -0.15) is 0 Å². The molecule has 0 atom stereocenters. The van der Waals surface area contributed by atoms with Crippen LogP contribution in [0.1, 0.15) is 23.1 Å². The normalized spacial score (nSPS) is 9.81. The molecule has 3 amide bonds. The first-order valence-corrected chi connectivity index (χ1v) is 6.25. The molecule has 21 heavy (non-hydrogen) atoms. The summed E-state index contributed by atoms with van der Waals surface area (Å²) in [5.41, 5.74) is 0.387. The minimum Gasteiger partial charge on any atom is -0.457 e. The molecule has 1 heterocycles. The van der Waals surface area contributed by atoms with Gasteiger partial charge in [0.25, 0.3) is 0 Å². The predicted molar refractivity (Wildman–Crippen MR) is 72.5 cm³/mol. The van der Waals surface area contributed by atoms with Crippen molar-refractivity contribution in [3.63, 3.8) is 0 Å². The smallest absolute Gasteiger partial charge is 0.361 e. The first-order chi connectivity index (χ1) is 9.99. The maximum Gasteiger partial charge on any atom is 0.361 e. The molecule has 1 aromatic heterocycles. The number of aromatic nitrogens is 3. The van der Waals surface area contributed by atoms with Gasteiger partial charge in [-0.3, -0.25) is 10.1 Å². The van der Waals surface area contributed by atoms with Crippen LogP contribution < -0.4 is 10.6 Å². The average molecular weight is 295 g/mol. The lowest BCUT2D eigenvalue weighted by Gasteiger charge is -2.05. The number of amides is 3. The van der Waals surface area contributed by atoms with Crippen molar-refractivity contribution in [2.45, 2.75) is 20.4 Å². The minimum atomic E-state index is -0.650. The molecular formula is C12H17N5O4. The van der Waals surface area contributed by atoms with Crippen molar-refractivity contribution in [3.8, 4) is 0 Å². The Morgan fingerprint density at radius 2 is 2.14 bits per heavy atom. The molecule has 2 N–H and O–H groups in total. The van der Waals surface area contributed by atoms with Gasteiger partial charge >= 0.3 is 12.0 Å². The summed E-state index contributed by atoms with van der Waals surface area (Å²) in [5, 5.41) is 11.9. The standard InChI is InChI=1S/C12H17N5O4/c1-4-6-21-11(19)10-8(3)17(16-15-10)7-9(18)14-12(20)13-5-2/h4H,1,5-7H2,2-3H3,(H2,13,14,18,20). The first-order valence-electron chi connectivity index (χ1n) is 6.25. The lowest BCUT2D eigenvalue weighted by atomic mass is 10.3. The van der Waals surface area contributed by atoms with Crippen molar-refractivity contribution >= 4 is 17.9 Å². The quantitative estimate of drug-likeness (QED) is 0.553. The minimum absolute atomic E-state index is 0.0164. The number of esters is 1. The monoisotopic (exact) mass is 295 g/mol. The Morgan fingerprint density at radius 1 is 1.43 bits per heavy atom. The zero-order chi connectivity index (χ0) is 15.8. The zero-order valence-electron chi connectivity index (χ0n) is 11.9. The number of hydrogen-bond acceptors (Lipinski definition) is 6. The predicted octanol–water partition coefficient (Wildman–Crippen LogP) is -0.225. The van der Waals surface area contributed by atoms with Crippen LogP contribution in [-0.4, -0.2) is 46.1 Å². The summed E-state index contributed by atoms with van der Waals surface area (Å²) >= 11 is 0. The van der Waals surface area contributed by atoms with Gasteiger partial charge in [-0.05, 0) is 13.8 Å². The summed E-state index contributed by atoms with van der Waals surface area (Å²) < 4.78 is 6.04. The summed E-state index contributed by atoms with van der Waals surface area (Å²) in [6.45, 7) is 6.96. The van der Waals surface area contributed by atoms with Crippen LogP contribution in [0.4, 0.5) is 4.79 Å². The van der Waals surface area contributed by atoms with E-state index in [1.54, 1.807) is 13.8 Å². The van der Waals surface area contributed by atoms with Gasteiger partial charge in [-0.1, -0.05) is 17.9 Å². The Hall–Kier alpha value is -2.71. The second-order valence-electron chi connectivity index (χ2n) is 3.98. The Balaban J connectivity index is 2.67. The molecule has 0 aliphatic heterocycles. The molecule has 0 saturated carbocycles. The highest BCUT2D eigenvalue weighted by atomic mass is 16.5. The highest BCUT2D eigenvalue weighted by Crippen LogP contribution is 2.05. The van der Waals surface area contributed by atoms with Crippen molar-refractivity contribution in [2.75, 3.05) is 13.2 Å². The van der Waals surface area contributed by atoms with Crippen LogP contribution in [0.25, 0.3) is 0 Å². The third kappa shape index (κ3) is 4.71. The van der Waals surface area contributed by atoms with E-state index in [1.807, 2.05) is 0 Å². The number of urea groups is 1. The van der Waals surface area contributed by atoms with E-state index in [-0.39, 0.29) is 18.8 Å². The molecule has 0 aliphatic carbocycles. The molecule has 0 aromatic carbocycles. The fourth-order valence-electron chi connectivity index (χ4n) is 1.41. The number of hydrogen-bond donors (Lipinski definition) is 2. The third-order valence-corrected chi connectivity index (χ3v) is 2.39. The highest BCUT2D eigenvalue weighted by Gasteiger charge is 2.19. The average Bonchev–Trinajstić information content (AvgIpc) is 2.77. The SMILES string of the molecule is C=CCOC(=O)c1nnn(CC(=O)NC(=O)NCC)c1C. The van der Waals surface area contributed by atoms with Crippen LogP contribution in [0.2, 0.25) is 0 Å². The van der Waals surface area contributed by atoms with Crippen LogP contribution in [0.15, 0.2) is 12.7 Å². The summed E-state index contributed by atoms with van der Waals surface area (Å²) in [6, 6.07) is -0.592. The van der Waals surface area contributed by atoms with Crippen LogP contribution in [0.5, 0.6) is 0 Å². The van der Waals surface area contributed by atoms with Crippen LogP contribution >= 0.6 is 0 Å². The maximum atomic E-state index is 11.6. The summed E-state index contributed by atoms with van der Waals surface area (Å²) in [6.07, 6.45) is 1.43. The van der Waals surface area contributed by atoms with Gasteiger partial charge in [0.15, 0.2) is 5.69 Å². The number of carbonyl (C=O) groups is 3. The summed E-state index contributed by atoms with van der Waals surface area (Å²) in [5.74, 6) is -1.22. The second-order valence-corrected chi connectivity index (χ2v) is 3.98. The largest absolute Gasteiger partial charge is 0.457 e. The molecule has 0 unspecified atom stereocenters. The van der Waals surface area contributed by atoms with Crippen molar-refractivity contribution < 1.29 is 19.1 Å². The zero-order valence-corrected chi connectivity index (χ0v) is 11.9. The van der Waals surface area contributed by atoms with Crippen molar-refractivity contribution in [2.24, 2.45) is 0 Å². The van der Waals surface area contributed by atoms with E-state index < -0.39 is 17.9 Å². The molecule has 9 heteroatoms. The fraction of sp³-hybridized carbons (Fsp3) is 0.417. The lowest BCUT2D eigenvalue weighted by Crippen LogP contribution is -2.41. The van der Waals surface area contributed by atoms with Gasteiger partial charge in [0, 0.05) is 6.54 Å². The number of rotatable bonds is 6. The molecule has 0 radical (unpaired) electrons. The first kappa shape index (κ1) is 16.3. The molecule has 114 valence electrons. The third-order valence-electron chi connectivity index (χ3n) is 2.39. The lowest BCUT2D eigenvalue weighted by molar-refractivity contribution is -0.120. The van der Waals surface area contributed by atoms with Gasteiger partial charge in [-0.25, -0.2) is 14.3 Å². The summed E-state index contributed by atoms with van der Waals surface area (Å²) in [4.78, 5) is 34.4. The van der Waals surface area contributed by atoms with E-state index in [2.05, 4.69) is 27.5 Å². The summed E-state index contributed by atoms with van der Waals surface area (Å²) in [7, 11) is 0. The van der Waals surface area contributed by atoms with Crippen LogP contribution in [-0.2, 0) is 16.1 Å². The molecule has 1 aromatic rings. The van der Waals surface area contributed by atoms with Gasteiger partial charge in [0.1, 0.15) is 13.2 Å². The molecule has 0 fully saturated rings. The number of imide groups is 1. The van der Waals surface area contributed by atoms with Crippen LogP contribution in [0.3, 0.4) is 0 Å². The number of ether oxygens (including phenoxy) is 1. The van der Waals surface area contributed by atoms with Crippen molar-refractivity contribution in [3.05, 3.63) is 24.0 Å². The molecule has 0 saturated heterocycles. The maximum absolute atomic E-state index is 11.6. The molecule has 0 bridgehead atoms. The van der Waals surface area contributed by atoms with Crippen molar-refractivity contribution in [1.82, 2.24) is 25.6 Å². The van der Waals surface area contributed by atoms with Gasteiger partial charge in [-0.15, -0.1) is 5.10 Å². The molecule has 9 nitrogen and oxygen atoms in total. The van der Waals surface area contributed by atoms with Crippen molar-refractivity contribution in [1.29, 1.82) is 0 Å². The molecule has 1 rings (SSSR count). The Labute approximate surface area is 121 Å². The van der Waals surface area contributed by atoms with Crippen LogP contribution in [0, 0.1) is 6.92 Å². The Kier molecular flexibility index (Phi) is 6.05. The van der Waals surface area contributed by atoms with E-state index in [4.69, 9.17) is 4.74 Å². The molecule has 0 spiro atoms. The van der Waals surface area contributed by atoms with E-state index in [0.29, 0.717) is 12.2 Å². The Morgan fingerprint density at radius 3 is 2.76 bits per heavy atom. The topological polar surface area (TPSA) is 115 Å². The fourth-order valence-corrected chi connectivity index (χ4v) is 1.41. The Bertz CT molecular complexity index is 552. The van der Waals surface area contributed by atoms with E-state index in [1.165, 1.54) is 10.8 Å². The molecular weight excluding hydrogens is 278 g/mol. The van der Waals surface area contributed by atoms with E-state index in [0.717, 1.165) is 0 Å². The van der Waals surface area contributed by atoms with E-state index >= 15 is 0 Å². The van der Waals surface area contributed by atoms with E-state index in [9.17, 15) is 14.4 Å². The molecule has 0 aliphatic rings. The number of nitrogens with one attached hydrogen (secondary N) is 2. The number of nitrogens with zero attached hydrogens (tertiary/aromatic N) is 3. The van der Waals surface area contributed by atoms with Gasteiger partial charge in [0.05, 0.1) is 5.69 Å². The van der Waals surface area contributed by atoms with Gasteiger partial charge < -0.3 is 10.1 Å².